The van der Waals surface area contributed by atoms with Gasteiger partial charge in [0, 0.05) is 38.3 Å². The number of hydrogen-bond donors (Lipinski definition) is 2. The lowest BCUT2D eigenvalue weighted by atomic mass is 10.1. The highest BCUT2D eigenvalue weighted by Gasteiger charge is 2.24. The molecule has 1 heterocycles. The summed E-state index contributed by atoms with van der Waals surface area (Å²) < 4.78 is 50.4. The molecule has 1 amide bonds. The molecule has 1 aliphatic heterocycles. The van der Waals surface area contributed by atoms with Gasteiger partial charge in [-0.05, 0) is 18.6 Å². The van der Waals surface area contributed by atoms with Crippen molar-refractivity contribution in [3.8, 4) is 0 Å². The molecule has 0 aliphatic carbocycles. The van der Waals surface area contributed by atoms with Gasteiger partial charge in [-0.1, -0.05) is 6.07 Å². The average molecular weight is 362 g/mol. The Morgan fingerprint density at radius 1 is 1.17 bits per heavy atom. The smallest absolute Gasteiger partial charge is 0.276 e. The third kappa shape index (κ3) is 5.20. The number of hydrogen-bond acceptors (Lipinski definition) is 4. The number of piperazine rings is 1. The topological polar surface area (TPSA) is 95.7 Å². The highest BCUT2D eigenvalue weighted by molar-refractivity contribution is 7.86. The lowest BCUT2D eigenvalue weighted by Gasteiger charge is -2.32. The van der Waals surface area contributed by atoms with Gasteiger partial charge >= 0.3 is 0 Å². The molecule has 134 valence electrons. The van der Waals surface area contributed by atoms with Gasteiger partial charge in [-0.2, -0.15) is 12.7 Å². The van der Waals surface area contributed by atoms with Crippen LogP contribution in [0.5, 0.6) is 0 Å². The van der Waals surface area contributed by atoms with Gasteiger partial charge in [0.15, 0.2) is 0 Å². The second-order valence-electron chi connectivity index (χ2n) is 5.52. The minimum Gasteiger partial charge on any atom is -0.355 e. The van der Waals surface area contributed by atoms with Gasteiger partial charge in [0.25, 0.3) is 10.2 Å². The molecule has 2 rings (SSSR count). The van der Waals surface area contributed by atoms with E-state index in [4.69, 9.17) is 5.14 Å². The first-order valence-electron chi connectivity index (χ1n) is 7.47. The molecule has 0 bridgehead atoms. The van der Waals surface area contributed by atoms with Crippen molar-refractivity contribution < 1.29 is 22.0 Å². The van der Waals surface area contributed by atoms with Crippen LogP contribution in [0.15, 0.2) is 18.2 Å². The van der Waals surface area contributed by atoms with Gasteiger partial charge in [-0.25, -0.2) is 13.9 Å². The number of nitrogens with one attached hydrogen (secondary N) is 1. The van der Waals surface area contributed by atoms with E-state index in [0.717, 1.165) is 4.31 Å². The molecule has 24 heavy (non-hydrogen) atoms. The van der Waals surface area contributed by atoms with Crippen LogP contribution in [0.1, 0.15) is 5.56 Å². The molecule has 0 atom stereocenters. The van der Waals surface area contributed by atoms with Crippen molar-refractivity contribution in [3.63, 3.8) is 0 Å². The van der Waals surface area contributed by atoms with E-state index in [1.807, 2.05) is 0 Å². The zero-order valence-corrected chi connectivity index (χ0v) is 13.9. The Morgan fingerprint density at radius 2 is 1.75 bits per heavy atom. The van der Waals surface area contributed by atoms with Gasteiger partial charge < -0.3 is 5.32 Å². The van der Waals surface area contributed by atoms with E-state index in [9.17, 15) is 22.0 Å². The predicted molar refractivity (Wildman–Crippen MR) is 84.2 cm³/mol. The molecule has 1 aromatic rings. The number of nitrogens with zero attached hydrogens (tertiary/aromatic N) is 2. The second-order valence-corrected chi connectivity index (χ2v) is 7.07. The second kappa shape index (κ2) is 7.97. The maximum atomic E-state index is 13.5. The number of rotatable bonds is 6. The van der Waals surface area contributed by atoms with E-state index < -0.39 is 21.8 Å². The fourth-order valence-electron chi connectivity index (χ4n) is 2.50. The van der Waals surface area contributed by atoms with Crippen LogP contribution in [0, 0.1) is 11.6 Å². The first kappa shape index (κ1) is 18.7. The van der Waals surface area contributed by atoms with Crippen LogP contribution in [0.2, 0.25) is 0 Å². The zero-order chi connectivity index (χ0) is 17.7. The number of nitrogens with two attached hydrogens (primary N) is 1. The standard InChI is InChI=1S/C14H20F2N4O3S/c15-12-2-1-3-13(16)11(12)4-5-18-14(21)10-19-6-8-20(9-7-19)24(17,22)23/h1-3H,4-10H2,(H,18,21)(H2,17,22,23). The molecule has 1 aliphatic rings. The molecule has 3 N–H and O–H groups in total. The maximum Gasteiger partial charge on any atom is 0.276 e. The van der Waals surface area contributed by atoms with Gasteiger partial charge in [0.1, 0.15) is 11.6 Å². The van der Waals surface area contributed by atoms with Crippen molar-refractivity contribution >= 4 is 16.1 Å². The van der Waals surface area contributed by atoms with E-state index in [1.165, 1.54) is 18.2 Å². The van der Waals surface area contributed by atoms with Crippen molar-refractivity contribution in [2.75, 3.05) is 39.3 Å². The highest BCUT2D eigenvalue weighted by atomic mass is 32.2. The maximum absolute atomic E-state index is 13.5. The van der Waals surface area contributed by atoms with Crippen LogP contribution in [-0.2, 0) is 21.4 Å². The first-order chi connectivity index (χ1) is 11.3. The summed E-state index contributed by atoms with van der Waals surface area (Å²) in [5, 5.41) is 7.65. The van der Waals surface area contributed by atoms with E-state index >= 15 is 0 Å². The van der Waals surface area contributed by atoms with Gasteiger partial charge in [-0.3, -0.25) is 9.69 Å². The lowest BCUT2D eigenvalue weighted by Crippen LogP contribution is -2.52. The molecular weight excluding hydrogens is 342 g/mol. The van der Waals surface area contributed by atoms with Crippen molar-refractivity contribution in [1.29, 1.82) is 0 Å². The molecule has 0 unspecified atom stereocenters. The fourth-order valence-corrected chi connectivity index (χ4v) is 3.17. The van der Waals surface area contributed by atoms with Crippen molar-refractivity contribution in [2.45, 2.75) is 6.42 Å². The van der Waals surface area contributed by atoms with Crippen molar-refractivity contribution in [1.82, 2.24) is 14.5 Å². The van der Waals surface area contributed by atoms with E-state index in [0.29, 0.717) is 13.1 Å². The monoisotopic (exact) mass is 362 g/mol. The van der Waals surface area contributed by atoms with Crippen LogP contribution in [0.3, 0.4) is 0 Å². The van der Waals surface area contributed by atoms with Crippen LogP contribution >= 0.6 is 0 Å². The first-order valence-corrected chi connectivity index (χ1v) is 8.97. The normalized spacial score (nSPS) is 17.0. The summed E-state index contributed by atoms with van der Waals surface area (Å²) >= 11 is 0. The summed E-state index contributed by atoms with van der Waals surface area (Å²) in [6, 6.07) is 3.63. The van der Waals surface area contributed by atoms with E-state index in [1.54, 1.807) is 4.90 Å². The third-order valence-electron chi connectivity index (χ3n) is 3.82. The summed E-state index contributed by atoms with van der Waals surface area (Å²) in [7, 11) is -3.70. The summed E-state index contributed by atoms with van der Waals surface area (Å²) in [5.41, 5.74) is -0.0560. The third-order valence-corrected chi connectivity index (χ3v) is 4.90. The Bertz CT molecular complexity index is 671. The lowest BCUT2D eigenvalue weighted by molar-refractivity contribution is -0.122. The molecule has 0 aromatic heterocycles. The van der Waals surface area contributed by atoms with Crippen molar-refractivity contribution in [2.24, 2.45) is 5.14 Å². The number of amides is 1. The predicted octanol–water partition coefficient (Wildman–Crippen LogP) is -0.555. The van der Waals surface area contributed by atoms with Crippen molar-refractivity contribution in [3.05, 3.63) is 35.4 Å². The van der Waals surface area contributed by atoms with Crippen LogP contribution in [-0.4, -0.2) is 62.8 Å². The quantitative estimate of drug-likeness (QED) is 0.709. The summed E-state index contributed by atoms with van der Waals surface area (Å²) in [5.74, 6) is -1.55. The Kier molecular flexibility index (Phi) is 6.21. The molecule has 0 spiro atoms. The Morgan fingerprint density at radius 3 is 2.29 bits per heavy atom. The number of carbonyl (C=O) groups is 1. The minimum atomic E-state index is -3.70. The SMILES string of the molecule is NS(=O)(=O)N1CCN(CC(=O)NCCc2c(F)cccc2F)CC1. The van der Waals surface area contributed by atoms with Crippen LogP contribution < -0.4 is 10.5 Å². The van der Waals surface area contributed by atoms with Crippen LogP contribution in [0.4, 0.5) is 8.78 Å². The van der Waals surface area contributed by atoms with E-state index in [-0.39, 0.29) is 44.1 Å². The van der Waals surface area contributed by atoms with Gasteiger partial charge in [0.05, 0.1) is 6.54 Å². The number of benzene rings is 1. The molecule has 0 radical (unpaired) electrons. The minimum absolute atomic E-state index is 0.0560. The molecule has 1 saturated heterocycles. The Hall–Kier alpha value is -1.62. The molecule has 1 aromatic carbocycles. The summed E-state index contributed by atoms with van der Waals surface area (Å²) in [4.78, 5) is 13.6. The van der Waals surface area contributed by atoms with E-state index in [2.05, 4.69) is 5.32 Å². The molecule has 10 heteroatoms. The Balaban J connectivity index is 1.73. The molecule has 7 nitrogen and oxygen atoms in total. The van der Waals surface area contributed by atoms with Gasteiger partial charge in [-0.15, -0.1) is 0 Å². The summed E-state index contributed by atoms with van der Waals surface area (Å²) in [6.07, 6.45) is 0.0590. The highest BCUT2D eigenvalue weighted by Crippen LogP contribution is 2.12. The van der Waals surface area contributed by atoms with Gasteiger partial charge in [0.2, 0.25) is 5.91 Å². The zero-order valence-electron chi connectivity index (χ0n) is 13.0. The number of halogens is 2. The summed E-state index contributed by atoms with van der Waals surface area (Å²) in [6.45, 7) is 1.46. The van der Waals surface area contributed by atoms with Crippen LogP contribution in [0.25, 0.3) is 0 Å². The largest absolute Gasteiger partial charge is 0.355 e. The number of carbonyl (C=O) groups excluding carboxylic acids is 1. The molecule has 0 saturated carbocycles. The Labute approximate surface area is 139 Å². The molecular formula is C14H20F2N4O3S. The molecule has 1 fully saturated rings. The fraction of sp³-hybridized carbons (Fsp3) is 0.500. The average Bonchev–Trinajstić information content (AvgIpc) is 2.50.